The summed E-state index contributed by atoms with van der Waals surface area (Å²) in [5.74, 6) is -1.67. The molecule has 0 aliphatic heterocycles. The highest BCUT2D eigenvalue weighted by Crippen LogP contribution is 2.24. The van der Waals surface area contributed by atoms with Gasteiger partial charge in [-0.05, 0) is 60.9 Å². The first-order valence-corrected chi connectivity index (χ1v) is 10.9. The minimum absolute atomic E-state index is 0.220. The molecule has 0 fully saturated rings. The summed E-state index contributed by atoms with van der Waals surface area (Å²) in [4.78, 5) is 35.9. The first-order chi connectivity index (χ1) is 16.2. The van der Waals surface area contributed by atoms with Crippen LogP contribution in [0.25, 0.3) is 10.9 Å². The summed E-state index contributed by atoms with van der Waals surface area (Å²) in [6.45, 7) is 4.13. The van der Waals surface area contributed by atoms with Gasteiger partial charge in [-0.3, -0.25) is 9.59 Å². The van der Waals surface area contributed by atoms with E-state index in [1.807, 2.05) is 48.0 Å². The monoisotopic (exact) mass is 455 g/mol. The van der Waals surface area contributed by atoms with E-state index in [4.69, 9.17) is 5.73 Å². The Bertz CT molecular complexity index is 1400. The maximum atomic E-state index is 13.3. The number of fused-ring (bicyclic) bond motifs is 1. The number of carboxylic acid groups (broad SMARTS) is 1. The van der Waals surface area contributed by atoms with Crippen LogP contribution in [0.2, 0.25) is 0 Å². The van der Waals surface area contributed by atoms with Crippen molar-refractivity contribution in [3.8, 4) is 0 Å². The van der Waals surface area contributed by atoms with Gasteiger partial charge in [-0.15, -0.1) is 0 Å². The Balaban J connectivity index is 1.59. The van der Waals surface area contributed by atoms with Crippen LogP contribution in [0.3, 0.4) is 0 Å². The van der Waals surface area contributed by atoms with Crippen LogP contribution in [0.1, 0.15) is 60.7 Å². The fourth-order valence-corrected chi connectivity index (χ4v) is 4.10. The lowest BCUT2D eigenvalue weighted by molar-refractivity contribution is 0.0695. The zero-order valence-electron chi connectivity index (χ0n) is 18.9. The maximum absolute atomic E-state index is 13.3. The number of aryl methyl sites for hydroxylation is 1. The standard InChI is InChI=1S/C27H25N3O4/c1-16-14-21(10-11-22(16)27(33)34)17(2)29-26(32)23-5-3-4-19-12-13-30(24(19)23)15-18-6-8-20(9-7-18)25(28)31/h3-14,17H,15H2,1-2H3,(H2,28,31)(H,29,32)(H,33,34)/t17-/m0/s1. The lowest BCUT2D eigenvalue weighted by Crippen LogP contribution is -2.27. The number of benzene rings is 3. The fourth-order valence-electron chi connectivity index (χ4n) is 4.10. The number of carboxylic acids is 1. The second-order valence-electron chi connectivity index (χ2n) is 8.32. The smallest absolute Gasteiger partial charge is 0.335 e. The molecule has 0 aliphatic rings. The molecule has 0 bridgehead atoms. The lowest BCUT2D eigenvalue weighted by Gasteiger charge is -2.17. The average molecular weight is 456 g/mol. The number of carbonyl (C=O) groups is 3. The molecule has 4 aromatic rings. The van der Waals surface area contributed by atoms with Crippen LogP contribution >= 0.6 is 0 Å². The summed E-state index contributed by atoms with van der Waals surface area (Å²) in [6.07, 6.45) is 1.93. The summed E-state index contributed by atoms with van der Waals surface area (Å²) < 4.78 is 2.00. The molecule has 34 heavy (non-hydrogen) atoms. The van der Waals surface area contributed by atoms with Crippen LogP contribution in [0, 0.1) is 6.92 Å². The molecule has 0 spiro atoms. The van der Waals surface area contributed by atoms with Crippen molar-refractivity contribution in [1.82, 2.24) is 9.88 Å². The van der Waals surface area contributed by atoms with Crippen molar-refractivity contribution in [2.24, 2.45) is 5.73 Å². The van der Waals surface area contributed by atoms with Gasteiger partial charge in [0.25, 0.3) is 5.91 Å². The van der Waals surface area contributed by atoms with Gasteiger partial charge in [0.15, 0.2) is 0 Å². The summed E-state index contributed by atoms with van der Waals surface area (Å²) in [6, 6.07) is 19.4. The number of nitrogens with one attached hydrogen (secondary N) is 1. The number of nitrogens with zero attached hydrogens (tertiary/aromatic N) is 1. The van der Waals surface area contributed by atoms with Gasteiger partial charge in [-0.2, -0.15) is 0 Å². The van der Waals surface area contributed by atoms with E-state index < -0.39 is 11.9 Å². The highest BCUT2D eigenvalue weighted by Gasteiger charge is 2.18. The summed E-state index contributed by atoms with van der Waals surface area (Å²) in [5.41, 5.74) is 9.81. The third-order valence-electron chi connectivity index (χ3n) is 5.95. The molecular weight excluding hydrogens is 430 g/mol. The average Bonchev–Trinajstić information content (AvgIpc) is 3.22. The first kappa shape index (κ1) is 22.8. The van der Waals surface area contributed by atoms with Crippen LogP contribution in [-0.4, -0.2) is 27.5 Å². The van der Waals surface area contributed by atoms with Crippen LogP contribution in [0.4, 0.5) is 0 Å². The topological polar surface area (TPSA) is 114 Å². The molecule has 7 heteroatoms. The molecule has 4 N–H and O–H groups in total. The van der Waals surface area contributed by atoms with E-state index in [0.717, 1.165) is 22.0 Å². The molecule has 7 nitrogen and oxygen atoms in total. The number of nitrogens with two attached hydrogens (primary N) is 1. The Morgan fingerprint density at radius 3 is 2.38 bits per heavy atom. The van der Waals surface area contributed by atoms with Crippen LogP contribution in [0.5, 0.6) is 0 Å². The van der Waals surface area contributed by atoms with Crippen molar-refractivity contribution in [2.45, 2.75) is 26.4 Å². The minimum Gasteiger partial charge on any atom is -0.478 e. The molecular formula is C27H25N3O4. The molecule has 1 aromatic heterocycles. The molecule has 3 aromatic carbocycles. The van der Waals surface area contributed by atoms with E-state index in [1.165, 1.54) is 0 Å². The quantitative estimate of drug-likeness (QED) is 0.386. The molecule has 0 unspecified atom stereocenters. The van der Waals surface area contributed by atoms with Gasteiger partial charge in [-0.25, -0.2) is 4.79 Å². The first-order valence-electron chi connectivity index (χ1n) is 10.9. The molecule has 1 atom stereocenters. The highest BCUT2D eigenvalue weighted by atomic mass is 16.4. The van der Waals surface area contributed by atoms with Crippen LogP contribution in [-0.2, 0) is 6.54 Å². The van der Waals surface area contributed by atoms with Crippen molar-refractivity contribution in [2.75, 3.05) is 0 Å². The molecule has 4 rings (SSSR count). The van der Waals surface area contributed by atoms with Gasteiger partial charge in [0.2, 0.25) is 5.91 Å². The second-order valence-corrected chi connectivity index (χ2v) is 8.32. The Morgan fingerprint density at radius 2 is 1.74 bits per heavy atom. The third-order valence-corrected chi connectivity index (χ3v) is 5.95. The Hall–Kier alpha value is -4.39. The van der Waals surface area contributed by atoms with Gasteiger partial charge in [0.1, 0.15) is 0 Å². The van der Waals surface area contributed by atoms with E-state index in [1.54, 1.807) is 43.3 Å². The second kappa shape index (κ2) is 9.23. The van der Waals surface area contributed by atoms with Gasteiger partial charge >= 0.3 is 5.97 Å². The number of aromatic carboxylic acids is 1. The van der Waals surface area contributed by atoms with E-state index in [9.17, 15) is 19.5 Å². The SMILES string of the molecule is Cc1cc([C@H](C)NC(=O)c2cccc3ccn(Cc4ccc(C(N)=O)cc4)c23)ccc1C(=O)O. The number of primary amides is 1. The van der Waals surface area contributed by atoms with Crippen molar-refractivity contribution in [3.05, 3.63) is 106 Å². The molecule has 0 radical (unpaired) electrons. The normalized spacial score (nSPS) is 11.8. The van der Waals surface area contributed by atoms with Gasteiger partial charge in [0, 0.05) is 23.7 Å². The Kier molecular flexibility index (Phi) is 6.19. The number of aromatic nitrogens is 1. The van der Waals surface area contributed by atoms with Gasteiger partial charge in [0.05, 0.1) is 22.7 Å². The minimum atomic E-state index is -0.975. The molecule has 0 aliphatic carbocycles. The third kappa shape index (κ3) is 4.54. The van der Waals surface area contributed by atoms with E-state index in [0.29, 0.717) is 23.2 Å². The number of hydrogen-bond acceptors (Lipinski definition) is 3. The zero-order valence-corrected chi connectivity index (χ0v) is 18.9. The number of rotatable bonds is 7. The van der Waals surface area contributed by atoms with E-state index in [2.05, 4.69) is 5.32 Å². The van der Waals surface area contributed by atoms with Crippen molar-refractivity contribution in [3.63, 3.8) is 0 Å². The van der Waals surface area contributed by atoms with Crippen molar-refractivity contribution < 1.29 is 19.5 Å². The van der Waals surface area contributed by atoms with Crippen molar-refractivity contribution >= 4 is 28.7 Å². The summed E-state index contributed by atoms with van der Waals surface area (Å²) in [7, 11) is 0. The van der Waals surface area contributed by atoms with Crippen LogP contribution in [0.15, 0.2) is 72.9 Å². The zero-order chi connectivity index (χ0) is 24.4. The number of hydrogen-bond donors (Lipinski definition) is 3. The predicted molar refractivity (Wildman–Crippen MR) is 130 cm³/mol. The largest absolute Gasteiger partial charge is 0.478 e. The molecule has 172 valence electrons. The molecule has 0 saturated carbocycles. The predicted octanol–water partition coefficient (Wildman–Crippen LogP) is 4.29. The van der Waals surface area contributed by atoms with Gasteiger partial charge in [-0.1, -0.05) is 36.4 Å². The summed E-state index contributed by atoms with van der Waals surface area (Å²) >= 11 is 0. The fraction of sp³-hybridized carbons (Fsp3) is 0.148. The van der Waals surface area contributed by atoms with Crippen molar-refractivity contribution in [1.29, 1.82) is 0 Å². The molecule has 0 saturated heterocycles. The number of para-hydroxylation sites is 1. The van der Waals surface area contributed by atoms with E-state index >= 15 is 0 Å². The summed E-state index contributed by atoms with van der Waals surface area (Å²) in [5, 5.41) is 13.2. The van der Waals surface area contributed by atoms with Crippen LogP contribution < -0.4 is 11.1 Å². The maximum Gasteiger partial charge on any atom is 0.335 e. The lowest BCUT2D eigenvalue weighted by atomic mass is 10.0. The van der Waals surface area contributed by atoms with Gasteiger partial charge < -0.3 is 20.7 Å². The van der Waals surface area contributed by atoms with E-state index in [-0.39, 0.29) is 17.5 Å². The highest BCUT2D eigenvalue weighted by molar-refractivity contribution is 6.06. The molecule has 1 heterocycles. The Morgan fingerprint density at radius 1 is 1.00 bits per heavy atom. The Labute approximate surface area is 196 Å². The number of carbonyl (C=O) groups excluding carboxylic acids is 2. The number of amides is 2. The molecule has 2 amide bonds.